The molecule has 0 radical (unpaired) electrons. The van der Waals surface area contributed by atoms with Gasteiger partial charge in [0.15, 0.2) is 5.78 Å². The van der Waals surface area contributed by atoms with Crippen LogP contribution in [0.15, 0.2) is 42.5 Å². The Kier molecular flexibility index (Phi) is 7.47. The average Bonchev–Trinajstić information content (AvgIpc) is 2.78. The van der Waals surface area contributed by atoms with Crippen molar-refractivity contribution in [2.45, 2.75) is 43.5 Å². The molecular formula is C22H26O9. The lowest BCUT2D eigenvalue weighted by Crippen LogP contribution is -2.60. The van der Waals surface area contributed by atoms with E-state index in [-0.39, 0.29) is 29.3 Å². The number of Topliss-reactive ketones (excluding diaryl/α,β-unsaturated/α-hetero) is 1. The highest BCUT2D eigenvalue weighted by atomic mass is 16.7. The normalized spacial score (nSPS) is 25.8. The Labute approximate surface area is 179 Å². The second-order valence-corrected chi connectivity index (χ2v) is 7.27. The summed E-state index contributed by atoms with van der Waals surface area (Å²) in [4.78, 5) is 12.8. The second kappa shape index (κ2) is 10.1. The van der Waals surface area contributed by atoms with Crippen molar-refractivity contribution in [2.24, 2.45) is 0 Å². The van der Waals surface area contributed by atoms with Gasteiger partial charge >= 0.3 is 0 Å². The number of aryl methyl sites for hydroxylation is 1. The molecule has 0 saturated carbocycles. The lowest BCUT2D eigenvalue weighted by molar-refractivity contribution is -0.277. The minimum absolute atomic E-state index is 0.0518. The molecule has 168 valence electrons. The first-order chi connectivity index (χ1) is 14.8. The van der Waals surface area contributed by atoms with Gasteiger partial charge in [-0.15, -0.1) is 0 Å². The van der Waals surface area contributed by atoms with E-state index >= 15 is 0 Å². The number of ether oxygens (including phenoxy) is 3. The first-order valence-corrected chi connectivity index (χ1v) is 9.80. The third kappa shape index (κ3) is 5.33. The van der Waals surface area contributed by atoms with Gasteiger partial charge in [0.05, 0.1) is 19.3 Å². The monoisotopic (exact) mass is 434 g/mol. The number of carbonyl (C=O) groups is 1. The second-order valence-electron chi connectivity index (χ2n) is 7.27. The third-order valence-electron chi connectivity index (χ3n) is 5.16. The molecule has 31 heavy (non-hydrogen) atoms. The van der Waals surface area contributed by atoms with Crippen LogP contribution in [0.4, 0.5) is 0 Å². The molecule has 2 aromatic rings. The van der Waals surface area contributed by atoms with Gasteiger partial charge in [0.25, 0.3) is 0 Å². The lowest BCUT2D eigenvalue weighted by Gasteiger charge is -2.39. The fraction of sp³-hybridized carbons (Fsp3) is 0.409. The minimum atomic E-state index is -1.64. The third-order valence-corrected chi connectivity index (χ3v) is 5.16. The van der Waals surface area contributed by atoms with E-state index in [2.05, 4.69) is 0 Å². The smallest absolute Gasteiger partial charge is 0.229 e. The number of ketones is 1. The van der Waals surface area contributed by atoms with Crippen molar-refractivity contribution in [1.29, 1.82) is 0 Å². The zero-order valence-corrected chi connectivity index (χ0v) is 16.9. The van der Waals surface area contributed by atoms with Crippen molar-refractivity contribution in [3.63, 3.8) is 0 Å². The van der Waals surface area contributed by atoms with Gasteiger partial charge in [-0.05, 0) is 36.2 Å². The summed E-state index contributed by atoms with van der Waals surface area (Å²) in [5.74, 6) is 0.217. The van der Waals surface area contributed by atoms with Crippen LogP contribution >= 0.6 is 0 Å². The maximum absolute atomic E-state index is 12.8. The molecule has 5 N–H and O–H groups in total. The fourth-order valence-electron chi connectivity index (χ4n) is 3.31. The van der Waals surface area contributed by atoms with Crippen molar-refractivity contribution in [3.8, 4) is 17.2 Å². The molecule has 9 heteroatoms. The number of benzene rings is 2. The summed E-state index contributed by atoms with van der Waals surface area (Å²) in [6, 6.07) is 11.2. The van der Waals surface area contributed by atoms with Crippen LogP contribution in [-0.2, 0) is 11.2 Å². The van der Waals surface area contributed by atoms with E-state index in [9.17, 15) is 30.3 Å². The maximum Gasteiger partial charge on any atom is 0.229 e. The van der Waals surface area contributed by atoms with E-state index < -0.39 is 37.3 Å². The van der Waals surface area contributed by atoms with E-state index in [0.29, 0.717) is 12.2 Å². The zero-order chi connectivity index (χ0) is 22.5. The van der Waals surface area contributed by atoms with Gasteiger partial charge in [-0.2, -0.15) is 0 Å². The molecule has 2 aromatic carbocycles. The van der Waals surface area contributed by atoms with Crippen LogP contribution < -0.4 is 9.47 Å². The Morgan fingerprint density at radius 2 is 1.74 bits per heavy atom. The van der Waals surface area contributed by atoms with Crippen LogP contribution in [0.5, 0.6) is 17.2 Å². The zero-order valence-electron chi connectivity index (χ0n) is 16.9. The molecule has 1 heterocycles. The largest absolute Gasteiger partial charge is 0.508 e. The number of rotatable bonds is 8. The molecule has 0 bridgehead atoms. The molecule has 0 aromatic heterocycles. The Bertz CT molecular complexity index is 881. The van der Waals surface area contributed by atoms with Gasteiger partial charge in [0.1, 0.15) is 41.7 Å². The van der Waals surface area contributed by atoms with E-state index in [0.717, 1.165) is 5.56 Å². The van der Waals surface area contributed by atoms with Gasteiger partial charge < -0.3 is 39.7 Å². The summed E-state index contributed by atoms with van der Waals surface area (Å²) in [6.45, 7) is -0.613. The van der Waals surface area contributed by atoms with Gasteiger partial charge in [-0.1, -0.05) is 12.1 Å². The molecule has 0 spiro atoms. The van der Waals surface area contributed by atoms with Crippen molar-refractivity contribution < 1.29 is 44.5 Å². The summed E-state index contributed by atoms with van der Waals surface area (Å²) < 4.78 is 16.0. The highest BCUT2D eigenvalue weighted by Gasteiger charge is 2.45. The number of aromatic hydroxyl groups is 1. The Morgan fingerprint density at radius 1 is 1.03 bits per heavy atom. The topological polar surface area (TPSA) is 146 Å². The van der Waals surface area contributed by atoms with Crippen LogP contribution in [0.2, 0.25) is 0 Å². The Balaban J connectivity index is 1.74. The molecule has 1 fully saturated rings. The number of hydrogen-bond donors (Lipinski definition) is 5. The first-order valence-electron chi connectivity index (χ1n) is 9.80. The maximum atomic E-state index is 12.8. The highest BCUT2D eigenvalue weighted by molar-refractivity contribution is 5.99. The number of phenols is 1. The van der Waals surface area contributed by atoms with E-state index in [1.807, 2.05) is 12.1 Å². The SMILES string of the molecule is COc1ccc(CCC(=O)c2ccc(O)cc2OC2OC(CO)C(O)C(O)C2O)cc1. The molecule has 1 aliphatic heterocycles. The number of aliphatic hydroxyl groups is 4. The predicted octanol–water partition coefficient (Wildman–Crippen LogP) is 0.395. The molecule has 1 aliphatic rings. The number of methoxy groups -OCH3 is 1. The van der Waals surface area contributed by atoms with Crippen LogP contribution in [0.25, 0.3) is 0 Å². The predicted molar refractivity (Wildman–Crippen MR) is 108 cm³/mol. The van der Waals surface area contributed by atoms with Crippen molar-refractivity contribution >= 4 is 5.78 Å². The van der Waals surface area contributed by atoms with Crippen molar-refractivity contribution in [1.82, 2.24) is 0 Å². The Morgan fingerprint density at radius 3 is 2.39 bits per heavy atom. The molecule has 1 saturated heterocycles. The van der Waals surface area contributed by atoms with Gasteiger partial charge in [0.2, 0.25) is 6.29 Å². The van der Waals surface area contributed by atoms with Crippen LogP contribution in [-0.4, -0.2) is 75.7 Å². The number of carbonyl (C=O) groups excluding carboxylic acids is 1. The van der Waals surface area contributed by atoms with E-state index in [1.54, 1.807) is 19.2 Å². The van der Waals surface area contributed by atoms with Crippen LogP contribution in [0, 0.1) is 0 Å². The summed E-state index contributed by atoms with van der Waals surface area (Å²) in [5.41, 5.74) is 1.09. The summed E-state index contributed by atoms with van der Waals surface area (Å²) in [6.07, 6.45) is -6.80. The standard InChI is InChI=1S/C22H26O9/c1-29-14-6-2-12(3-7-14)4-9-16(25)15-8-5-13(24)10-17(15)30-22-21(28)20(27)19(26)18(11-23)31-22/h2-3,5-8,10,18-24,26-28H,4,9,11H2,1H3. The summed E-state index contributed by atoms with van der Waals surface area (Å²) >= 11 is 0. The quantitative estimate of drug-likeness (QED) is 0.373. The average molecular weight is 434 g/mol. The van der Waals surface area contributed by atoms with E-state index in [4.69, 9.17) is 14.2 Å². The van der Waals surface area contributed by atoms with Crippen LogP contribution in [0.3, 0.4) is 0 Å². The summed E-state index contributed by atoms with van der Waals surface area (Å²) in [5, 5.41) is 49.1. The summed E-state index contributed by atoms with van der Waals surface area (Å²) in [7, 11) is 1.57. The first kappa shape index (κ1) is 23.0. The van der Waals surface area contributed by atoms with Crippen molar-refractivity contribution in [2.75, 3.05) is 13.7 Å². The van der Waals surface area contributed by atoms with Crippen molar-refractivity contribution in [3.05, 3.63) is 53.6 Å². The number of phenolic OH excluding ortho intramolecular Hbond substituents is 1. The molecule has 9 nitrogen and oxygen atoms in total. The molecule has 3 rings (SSSR count). The van der Waals surface area contributed by atoms with Crippen LogP contribution in [0.1, 0.15) is 22.3 Å². The molecule has 0 aliphatic carbocycles. The highest BCUT2D eigenvalue weighted by Crippen LogP contribution is 2.30. The minimum Gasteiger partial charge on any atom is -0.508 e. The number of aliphatic hydroxyl groups excluding tert-OH is 4. The molecular weight excluding hydrogens is 408 g/mol. The fourth-order valence-corrected chi connectivity index (χ4v) is 3.31. The van der Waals surface area contributed by atoms with E-state index in [1.165, 1.54) is 18.2 Å². The molecule has 5 unspecified atom stereocenters. The van der Waals surface area contributed by atoms with Gasteiger partial charge in [-0.25, -0.2) is 0 Å². The lowest BCUT2D eigenvalue weighted by atomic mass is 9.99. The molecule has 0 amide bonds. The molecule has 5 atom stereocenters. The van der Waals surface area contributed by atoms with Gasteiger partial charge in [-0.3, -0.25) is 4.79 Å². The number of hydrogen-bond acceptors (Lipinski definition) is 9. The van der Waals surface area contributed by atoms with Gasteiger partial charge in [0, 0.05) is 12.5 Å². The Hall–Kier alpha value is -2.69.